The lowest BCUT2D eigenvalue weighted by Gasteiger charge is -2.43. The highest BCUT2D eigenvalue weighted by molar-refractivity contribution is 5.46. The van der Waals surface area contributed by atoms with Gasteiger partial charge in [-0.2, -0.15) is 0 Å². The molecule has 1 heterocycles. The Bertz CT molecular complexity index is 420. The van der Waals surface area contributed by atoms with Crippen LogP contribution >= 0.6 is 0 Å². The van der Waals surface area contributed by atoms with Crippen molar-refractivity contribution in [1.82, 2.24) is 4.90 Å². The molecule has 0 amide bonds. The maximum absolute atomic E-state index is 9.87. The predicted molar refractivity (Wildman–Crippen MR) is 87.7 cm³/mol. The average molecular weight is 288 g/mol. The van der Waals surface area contributed by atoms with Crippen LogP contribution in [0.15, 0.2) is 30.3 Å². The molecule has 3 rings (SSSR count). The third-order valence-corrected chi connectivity index (χ3v) is 5.30. The van der Waals surface area contributed by atoms with Crippen LogP contribution in [0.1, 0.15) is 32.1 Å². The average Bonchev–Trinajstić information content (AvgIpc) is 2.57. The lowest BCUT2D eigenvalue weighted by molar-refractivity contribution is 0.0386. The summed E-state index contributed by atoms with van der Waals surface area (Å²) in [6, 6.07) is 10.7. The molecular formula is C18H28N2O. The Morgan fingerprint density at radius 3 is 2.19 bits per heavy atom. The van der Waals surface area contributed by atoms with Crippen molar-refractivity contribution in [3.8, 4) is 0 Å². The van der Waals surface area contributed by atoms with Gasteiger partial charge in [-0.05, 0) is 25.0 Å². The third kappa shape index (κ3) is 3.58. The Morgan fingerprint density at radius 2 is 1.57 bits per heavy atom. The molecule has 116 valence electrons. The first-order valence-electron chi connectivity index (χ1n) is 8.45. The minimum Gasteiger partial charge on any atom is -0.396 e. The van der Waals surface area contributed by atoms with Crippen LogP contribution in [0.2, 0.25) is 0 Å². The van der Waals surface area contributed by atoms with Crippen molar-refractivity contribution >= 4 is 5.69 Å². The van der Waals surface area contributed by atoms with Gasteiger partial charge in [-0.25, -0.2) is 0 Å². The van der Waals surface area contributed by atoms with Crippen LogP contribution in [-0.4, -0.2) is 49.3 Å². The van der Waals surface area contributed by atoms with Crippen LogP contribution in [0, 0.1) is 5.41 Å². The molecule has 0 spiro atoms. The highest BCUT2D eigenvalue weighted by atomic mass is 16.3. The smallest absolute Gasteiger partial charge is 0.0499 e. The summed E-state index contributed by atoms with van der Waals surface area (Å²) in [5.41, 5.74) is 1.53. The van der Waals surface area contributed by atoms with E-state index >= 15 is 0 Å². The Morgan fingerprint density at radius 1 is 0.905 bits per heavy atom. The first-order chi connectivity index (χ1) is 10.3. The van der Waals surface area contributed by atoms with Crippen molar-refractivity contribution in [2.24, 2.45) is 5.41 Å². The number of rotatable bonds is 4. The lowest BCUT2D eigenvalue weighted by atomic mass is 9.74. The zero-order chi connectivity index (χ0) is 14.5. The topological polar surface area (TPSA) is 26.7 Å². The second-order valence-corrected chi connectivity index (χ2v) is 6.82. The molecule has 2 fully saturated rings. The van der Waals surface area contributed by atoms with Crippen molar-refractivity contribution in [2.45, 2.75) is 32.1 Å². The summed E-state index contributed by atoms with van der Waals surface area (Å²) in [6.07, 6.45) is 6.36. The van der Waals surface area contributed by atoms with Gasteiger partial charge in [0.2, 0.25) is 0 Å². The van der Waals surface area contributed by atoms with Gasteiger partial charge in [-0.15, -0.1) is 0 Å². The second-order valence-electron chi connectivity index (χ2n) is 6.82. The zero-order valence-electron chi connectivity index (χ0n) is 13.0. The molecule has 3 heteroatoms. The molecule has 0 atom stereocenters. The van der Waals surface area contributed by atoms with E-state index in [0.29, 0.717) is 6.61 Å². The number of hydrogen-bond acceptors (Lipinski definition) is 3. The molecule has 0 bridgehead atoms. The largest absolute Gasteiger partial charge is 0.396 e. The van der Waals surface area contributed by atoms with Crippen LogP contribution in [0.4, 0.5) is 5.69 Å². The third-order valence-electron chi connectivity index (χ3n) is 5.30. The Kier molecular flexibility index (Phi) is 4.81. The van der Waals surface area contributed by atoms with Crippen molar-refractivity contribution in [3.05, 3.63) is 30.3 Å². The Hall–Kier alpha value is -1.06. The van der Waals surface area contributed by atoms with Gasteiger partial charge in [0.1, 0.15) is 0 Å². The van der Waals surface area contributed by atoms with Crippen LogP contribution in [-0.2, 0) is 0 Å². The van der Waals surface area contributed by atoms with Gasteiger partial charge in [0, 0.05) is 50.4 Å². The fourth-order valence-corrected chi connectivity index (χ4v) is 3.95. The SMILES string of the molecule is OCC1(CN2CCN(c3ccccc3)CC2)CCCCC1. The molecule has 1 saturated carbocycles. The summed E-state index contributed by atoms with van der Waals surface area (Å²) in [6.45, 7) is 5.91. The molecule has 0 radical (unpaired) electrons. The number of anilines is 1. The molecular weight excluding hydrogens is 260 g/mol. The van der Waals surface area contributed by atoms with Gasteiger partial charge in [-0.3, -0.25) is 4.90 Å². The molecule has 21 heavy (non-hydrogen) atoms. The lowest BCUT2D eigenvalue weighted by Crippen LogP contribution is -2.51. The van der Waals surface area contributed by atoms with E-state index in [1.54, 1.807) is 0 Å². The van der Waals surface area contributed by atoms with Crippen LogP contribution in [0.3, 0.4) is 0 Å². The van der Waals surface area contributed by atoms with Crippen LogP contribution < -0.4 is 4.90 Å². The summed E-state index contributed by atoms with van der Waals surface area (Å²) >= 11 is 0. The minimum atomic E-state index is 0.188. The van der Waals surface area contributed by atoms with E-state index in [1.165, 1.54) is 37.8 Å². The summed E-state index contributed by atoms with van der Waals surface area (Å²) in [4.78, 5) is 5.05. The minimum absolute atomic E-state index is 0.188. The molecule has 1 aromatic rings. The standard InChI is InChI=1S/C18H28N2O/c21-16-18(9-5-2-6-10-18)15-19-11-13-20(14-12-19)17-7-3-1-4-8-17/h1,3-4,7-8,21H,2,5-6,9-16H2. The van der Waals surface area contributed by atoms with Gasteiger partial charge < -0.3 is 10.0 Å². The number of piperazine rings is 1. The fourth-order valence-electron chi connectivity index (χ4n) is 3.95. The highest BCUT2D eigenvalue weighted by Gasteiger charge is 2.34. The van der Waals surface area contributed by atoms with Crippen molar-refractivity contribution < 1.29 is 5.11 Å². The zero-order valence-corrected chi connectivity index (χ0v) is 13.0. The number of aliphatic hydroxyl groups excluding tert-OH is 1. The van der Waals surface area contributed by atoms with Crippen LogP contribution in [0.25, 0.3) is 0 Å². The normalized spacial score (nSPS) is 23.2. The van der Waals surface area contributed by atoms with E-state index in [-0.39, 0.29) is 5.41 Å². The van der Waals surface area contributed by atoms with Crippen molar-refractivity contribution in [1.29, 1.82) is 0 Å². The molecule has 1 aromatic carbocycles. The van der Waals surface area contributed by atoms with Gasteiger partial charge in [0.15, 0.2) is 0 Å². The van der Waals surface area contributed by atoms with Crippen molar-refractivity contribution in [3.63, 3.8) is 0 Å². The highest BCUT2D eigenvalue weighted by Crippen LogP contribution is 2.36. The Balaban J connectivity index is 1.53. The molecule has 2 aliphatic rings. The van der Waals surface area contributed by atoms with E-state index < -0.39 is 0 Å². The maximum Gasteiger partial charge on any atom is 0.0499 e. The number of nitrogens with zero attached hydrogens (tertiary/aromatic N) is 2. The molecule has 0 unspecified atom stereocenters. The van der Waals surface area contributed by atoms with Crippen molar-refractivity contribution in [2.75, 3.05) is 44.2 Å². The van der Waals surface area contributed by atoms with E-state index in [0.717, 1.165) is 32.7 Å². The first-order valence-corrected chi connectivity index (χ1v) is 8.45. The van der Waals surface area contributed by atoms with Gasteiger partial charge in [-0.1, -0.05) is 37.5 Å². The number of aliphatic hydroxyl groups is 1. The summed E-state index contributed by atoms with van der Waals surface area (Å²) in [7, 11) is 0. The van der Waals surface area contributed by atoms with E-state index in [2.05, 4.69) is 40.1 Å². The monoisotopic (exact) mass is 288 g/mol. The Labute approximate surface area is 128 Å². The fraction of sp³-hybridized carbons (Fsp3) is 0.667. The maximum atomic E-state index is 9.87. The number of benzene rings is 1. The number of hydrogen-bond donors (Lipinski definition) is 1. The molecule has 1 saturated heterocycles. The van der Waals surface area contributed by atoms with E-state index in [4.69, 9.17) is 0 Å². The predicted octanol–water partition coefficient (Wildman–Crippen LogP) is 2.75. The molecule has 1 aliphatic heterocycles. The summed E-state index contributed by atoms with van der Waals surface area (Å²) in [5, 5.41) is 9.87. The van der Waals surface area contributed by atoms with E-state index in [9.17, 15) is 5.11 Å². The second kappa shape index (κ2) is 6.80. The van der Waals surface area contributed by atoms with E-state index in [1.807, 2.05) is 0 Å². The summed E-state index contributed by atoms with van der Waals surface area (Å²) in [5.74, 6) is 0. The molecule has 0 aromatic heterocycles. The molecule has 1 N–H and O–H groups in total. The first kappa shape index (κ1) is 14.9. The molecule has 1 aliphatic carbocycles. The number of para-hydroxylation sites is 1. The summed E-state index contributed by atoms with van der Waals surface area (Å²) < 4.78 is 0. The van der Waals surface area contributed by atoms with Gasteiger partial charge in [0.25, 0.3) is 0 Å². The van der Waals surface area contributed by atoms with Gasteiger partial charge >= 0.3 is 0 Å². The van der Waals surface area contributed by atoms with Gasteiger partial charge in [0.05, 0.1) is 0 Å². The quantitative estimate of drug-likeness (QED) is 0.923. The molecule has 3 nitrogen and oxygen atoms in total. The van der Waals surface area contributed by atoms with Crippen LogP contribution in [0.5, 0.6) is 0 Å².